The first kappa shape index (κ1) is 28.3. The Bertz CT molecular complexity index is 1890. The number of benzene rings is 1. The number of halogens is 1. The summed E-state index contributed by atoms with van der Waals surface area (Å²) in [7, 11) is 7.69. The van der Waals surface area contributed by atoms with E-state index < -0.39 is 5.82 Å². The van der Waals surface area contributed by atoms with Crippen LogP contribution in [0.1, 0.15) is 48.2 Å². The average Bonchev–Trinajstić information content (AvgIpc) is 3.79. The Labute approximate surface area is 261 Å². The van der Waals surface area contributed by atoms with Gasteiger partial charge in [-0.15, -0.1) is 0 Å². The molecule has 2 aliphatic carbocycles. The van der Waals surface area contributed by atoms with E-state index in [0.717, 1.165) is 66.9 Å². The number of hydrogen-bond donors (Lipinski definition) is 1. The Kier molecular flexibility index (Phi) is 6.59. The van der Waals surface area contributed by atoms with Crippen LogP contribution in [0, 0.1) is 23.1 Å². The van der Waals surface area contributed by atoms with E-state index >= 15 is 4.39 Å². The van der Waals surface area contributed by atoms with Crippen LogP contribution in [0.2, 0.25) is 0 Å². The van der Waals surface area contributed by atoms with Crippen molar-refractivity contribution in [2.24, 2.45) is 5.92 Å². The van der Waals surface area contributed by atoms with Gasteiger partial charge in [-0.25, -0.2) is 14.4 Å². The maximum atomic E-state index is 17.0. The second-order valence-corrected chi connectivity index (χ2v) is 13.6. The normalized spacial score (nSPS) is 23.8. The Morgan fingerprint density at radius 3 is 2.69 bits per heavy atom. The number of aryl methyl sites for hydroxylation is 2. The molecule has 11 heteroatoms. The highest BCUT2D eigenvalue weighted by molar-refractivity contribution is 6.08. The number of rotatable bonds is 7. The second kappa shape index (κ2) is 10.5. The van der Waals surface area contributed by atoms with Gasteiger partial charge in [-0.05, 0) is 50.4 Å². The molecule has 0 radical (unpaired) electrons. The largest absolute Gasteiger partial charge is 0.351 e. The highest BCUT2D eigenvalue weighted by atomic mass is 19.1. The van der Waals surface area contributed by atoms with Gasteiger partial charge < -0.3 is 24.6 Å². The smallest absolute Gasteiger partial charge is 0.222 e. The third kappa shape index (κ3) is 4.26. The third-order valence-electron chi connectivity index (χ3n) is 10.7. The van der Waals surface area contributed by atoms with E-state index in [9.17, 15) is 10.1 Å². The van der Waals surface area contributed by atoms with E-state index in [-0.39, 0.29) is 29.1 Å². The van der Waals surface area contributed by atoms with Crippen LogP contribution < -0.4 is 10.2 Å². The Hall–Kier alpha value is -4.14. The lowest BCUT2D eigenvalue weighted by atomic mass is 9.79. The van der Waals surface area contributed by atoms with Crippen LogP contribution >= 0.6 is 0 Å². The van der Waals surface area contributed by atoms with Crippen molar-refractivity contribution >= 4 is 33.7 Å². The highest BCUT2D eigenvalue weighted by Crippen LogP contribution is 2.48. The summed E-state index contributed by atoms with van der Waals surface area (Å²) in [6.45, 7) is 2.48. The van der Waals surface area contributed by atoms with Crippen molar-refractivity contribution in [2.75, 3.05) is 52.7 Å². The van der Waals surface area contributed by atoms with Crippen molar-refractivity contribution < 1.29 is 9.18 Å². The lowest BCUT2D eigenvalue weighted by molar-refractivity contribution is -0.128. The Morgan fingerprint density at radius 2 is 2.00 bits per heavy atom. The molecule has 1 aromatic carbocycles. The SMILES string of the molecule is CN(C)C(=O)CCc1nc2c(N3CC(N(C)C)C3)nc3c(F)c(-c4cccc5c4C(C#N)CC5)ncc3c2n1C1C2CNC1C2. The van der Waals surface area contributed by atoms with Crippen molar-refractivity contribution in [1.82, 2.24) is 34.6 Å². The molecule has 6 heterocycles. The number of carbonyl (C=O) groups excluding carboxylic acids is 1. The summed E-state index contributed by atoms with van der Waals surface area (Å²) in [6, 6.07) is 9.13. The zero-order valence-corrected chi connectivity index (χ0v) is 26.2. The molecular weight excluding hydrogens is 569 g/mol. The molecule has 3 aromatic heterocycles. The molecule has 4 fully saturated rings. The molecule has 5 aliphatic rings. The molecule has 4 atom stereocenters. The van der Waals surface area contributed by atoms with E-state index in [0.29, 0.717) is 47.6 Å². The molecule has 1 saturated carbocycles. The highest BCUT2D eigenvalue weighted by Gasteiger charge is 2.49. The molecule has 0 spiro atoms. The summed E-state index contributed by atoms with van der Waals surface area (Å²) in [5.74, 6) is 1.27. The van der Waals surface area contributed by atoms with Crippen LogP contribution in [0.25, 0.3) is 33.2 Å². The second-order valence-electron chi connectivity index (χ2n) is 13.6. The maximum Gasteiger partial charge on any atom is 0.222 e. The number of nitrogens with zero attached hydrogens (tertiary/aromatic N) is 8. The number of carbonyl (C=O) groups is 1. The number of aromatic nitrogens is 4. The predicted molar refractivity (Wildman–Crippen MR) is 171 cm³/mol. The van der Waals surface area contributed by atoms with Gasteiger partial charge in [0.05, 0.1) is 23.5 Å². The van der Waals surface area contributed by atoms with Crippen molar-refractivity contribution in [3.05, 3.63) is 47.2 Å². The Morgan fingerprint density at radius 1 is 1.18 bits per heavy atom. The van der Waals surface area contributed by atoms with Gasteiger partial charge in [0.25, 0.3) is 0 Å². The predicted octanol–water partition coefficient (Wildman–Crippen LogP) is 3.64. The number of fused-ring (bicyclic) bond motifs is 5. The topological polar surface area (TPSA) is 106 Å². The number of pyridine rings is 2. The number of likely N-dealkylation sites (N-methyl/N-ethyl adjacent to an activating group) is 1. The fourth-order valence-corrected chi connectivity index (χ4v) is 7.98. The molecule has 232 valence electrons. The summed E-state index contributed by atoms with van der Waals surface area (Å²) >= 11 is 0. The maximum absolute atomic E-state index is 17.0. The van der Waals surface area contributed by atoms with Gasteiger partial charge in [-0.2, -0.15) is 5.26 Å². The number of nitrogens with one attached hydrogen (secondary N) is 1. The van der Waals surface area contributed by atoms with Crippen LogP contribution in [-0.2, 0) is 17.6 Å². The number of anilines is 1. The molecule has 4 unspecified atom stereocenters. The first-order chi connectivity index (χ1) is 21.7. The molecular formula is C34H38FN9O. The first-order valence-corrected chi connectivity index (χ1v) is 16.0. The van der Waals surface area contributed by atoms with Crippen molar-refractivity contribution in [3.8, 4) is 17.3 Å². The van der Waals surface area contributed by atoms with Crippen LogP contribution in [0.15, 0.2) is 24.4 Å². The summed E-state index contributed by atoms with van der Waals surface area (Å²) in [5, 5.41) is 14.2. The van der Waals surface area contributed by atoms with E-state index in [2.05, 4.69) is 39.8 Å². The monoisotopic (exact) mass is 607 g/mol. The van der Waals surface area contributed by atoms with Crippen LogP contribution in [0.4, 0.5) is 10.2 Å². The molecule has 10 nitrogen and oxygen atoms in total. The fourth-order valence-electron chi connectivity index (χ4n) is 7.98. The van der Waals surface area contributed by atoms with Gasteiger partial charge in [0.1, 0.15) is 22.6 Å². The van der Waals surface area contributed by atoms with Gasteiger partial charge in [0.15, 0.2) is 11.6 Å². The summed E-state index contributed by atoms with van der Waals surface area (Å²) in [6.07, 6.45) is 5.22. The van der Waals surface area contributed by atoms with Gasteiger partial charge in [0.2, 0.25) is 5.91 Å². The van der Waals surface area contributed by atoms with Crippen molar-refractivity contribution in [2.45, 2.75) is 56.1 Å². The molecule has 1 N–H and O–H groups in total. The molecule has 2 bridgehead atoms. The van der Waals surface area contributed by atoms with Crippen molar-refractivity contribution in [1.29, 1.82) is 5.26 Å². The number of nitriles is 1. The molecule has 3 saturated heterocycles. The average molecular weight is 608 g/mol. The standard InChI is InChI=1S/C34H38FN9O/c1-41(2)21-16-43(17-21)34-31-33(44(32-20-12-24(32)37-14-20)25(39-31)10-11-26(45)42(3)4)23-15-38-29(28(35)30(23)40-34)22-7-5-6-18-8-9-19(13-36)27(18)22/h5-7,15,19-21,24,32,37H,8-12,14,16-17H2,1-4H3. The molecule has 4 aromatic rings. The van der Waals surface area contributed by atoms with Gasteiger partial charge >= 0.3 is 0 Å². The third-order valence-corrected chi connectivity index (χ3v) is 10.7. The summed E-state index contributed by atoms with van der Waals surface area (Å²) in [5.41, 5.74) is 4.76. The van der Waals surface area contributed by atoms with Gasteiger partial charge in [-0.1, -0.05) is 18.2 Å². The number of amides is 1. The minimum atomic E-state index is -0.468. The van der Waals surface area contributed by atoms with Crippen LogP contribution in [0.3, 0.4) is 0 Å². The molecule has 1 amide bonds. The van der Waals surface area contributed by atoms with Gasteiger partial charge in [-0.3, -0.25) is 9.78 Å². The van der Waals surface area contributed by atoms with Crippen LogP contribution in [-0.4, -0.2) is 95.1 Å². The number of imidazole rings is 1. The lowest BCUT2D eigenvalue weighted by Crippen LogP contribution is -2.57. The molecule has 45 heavy (non-hydrogen) atoms. The van der Waals surface area contributed by atoms with Gasteiger partial charge in [0, 0.05) is 75.8 Å². The van der Waals surface area contributed by atoms with E-state index in [1.807, 2.05) is 18.2 Å². The molecule has 3 aliphatic heterocycles. The Balaban J connectivity index is 1.36. The summed E-state index contributed by atoms with van der Waals surface area (Å²) < 4.78 is 19.3. The minimum absolute atomic E-state index is 0.0477. The summed E-state index contributed by atoms with van der Waals surface area (Å²) in [4.78, 5) is 33.7. The van der Waals surface area contributed by atoms with E-state index in [1.165, 1.54) is 0 Å². The fraction of sp³-hybridized carbons (Fsp3) is 0.500. The number of hydrogen-bond acceptors (Lipinski definition) is 8. The zero-order valence-electron chi connectivity index (χ0n) is 26.2. The first-order valence-electron chi connectivity index (χ1n) is 16.0. The molecule has 9 rings (SSSR count). The lowest BCUT2D eigenvalue weighted by Gasteiger charge is -2.43. The quantitative estimate of drug-likeness (QED) is 0.340. The van der Waals surface area contributed by atoms with E-state index in [4.69, 9.17) is 15.0 Å². The zero-order chi connectivity index (χ0) is 31.1. The van der Waals surface area contributed by atoms with Crippen LogP contribution in [0.5, 0.6) is 0 Å². The van der Waals surface area contributed by atoms with E-state index in [1.54, 1.807) is 25.2 Å². The van der Waals surface area contributed by atoms with Crippen molar-refractivity contribution in [3.63, 3.8) is 0 Å². The minimum Gasteiger partial charge on any atom is -0.351 e.